The molecule has 136 valence electrons. The van der Waals surface area contributed by atoms with Crippen molar-refractivity contribution >= 4 is 29.2 Å². The van der Waals surface area contributed by atoms with Gasteiger partial charge in [-0.25, -0.2) is 0 Å². The first-order chi connectivity index (χ1) is 12.2. The number of guanidine groups is 1. The van der Waals surface area contributed by atoms with Crippen molar-refractivity contribution in [2.75, 3.05) is 39.8 Å². The van der Waals surface area contributed by atoms with Crippen molar-refractivity contribution in [1.82, 2.24) is 15.1 Å². The van der Waals surface area contributed by atoms with Crippen molar-refractivity contribution in [2.45, 2.75) is 25.3 Å². The highest BCUT2D eigenvalue weighted by Crippen LogP contribution is 2.22. The van der Waals surface area contributed by atoms with Gasteiger partial charge in [0.05, 0.1) is 0 Å². The van der Waals surface area contributed by atoms with Crippen molar-refractivity contribution in [3.8, 4) is 0 Å². The van der Waals surface area contributed by atoms with Gasteiger partial charge in [0.1, 0.15) is 0 Å². The first-order valence-electron chi connectivity index (χ1n) is 8.96. The van der Waals surface area contributed by atoms with Crippen molar-refractivity contribution in [3.05, 3.63) is 46.0 Å². The molecule has 3 rings (SSSR count). The summed E-state index contributed by atoms with van der Waals surface area (Å²) in [6.45, 7) is 5.20. The summed E-state index contributed by atoms with van der Waals surface area (Å²) < 4.78 is 0. The number of hydrogen-bond acceptors (Lipinski definition) is 2. The van der Waals surface area contributed by atoms with Crippen LogP contribution < -0.4 is 5.32 Å². The fraction of sp³-hybridized carbons (Fsp3) is 0.526. The summed E-state index contributed by atoms with van der Waals surface area (Å²) in [5.74, 6) is 1.01. The molecule has 0 radical (unpaired) electrons. The van der Waals surface area contributed by atoms with Crippen LogP contribution in [-0.4, -0.2) is 61.6 Å². The van der Waals surface area contributed by atoms with Gasteiger partial charge in [0.25, 0.3) is 0 Å². The van der Waals surface area contributed by atoms with Crippen LogP contribution in [0.25, 0.3) is 0 Å². The van der Waals surface area contributed by atoms with E-state index in [2.05, 4.69) is 32.3 Å². The monoisotopic (exact) mass is 380 g/mol. The van der Waals surface area contributed by atoms with Gasteiger partial charge in [-0.05, 0) is 37.0 Å². The molecule has 2 heterocycles. The van der Waals surface area contributed by atoms with Gasteiger partial charge in [0, 0.05) is 55.9 Å². The zero-order valence-corrected chi connectivity index (χ0v) is 16.2. The normalized spacial score (nSPS) is 21.3. The van der Waals surface area contributed by atoms with E-state index in [0.29, 0.717) is 11.1 Å². The maximum absolute atomic E-state index is 6.23. The second kappa shape index (κ2) is 8.93. The third kappa shape index (κ3) is 4.90. The number of halogens is 2. The minimum Gasteiger partial charge on any atom is -0.356 e. The number of nitrogens with one attached hydrogen (secondary N) is 1. The number of benzene rings is 1. The molecule has 0 spiro atoms. The van der Waals surface area contributed by atoms with Crippen LogP contribution in [0.5, 0.6) is 0 Å². The standard InChI is InChI=1S/C19H26Cl2N4/c1-22-19(25-12-8-17(14-25)24-10-2-3-11-24)23-9-4-5-15-6-7-16(20)13-18(15)21/h2-3,6-7,13,17H,4-5,8-12,14H2,1H3,(H,22,23). The summed E-state index contributed by atoms with van der Waals surface area (Å²) in [4.78, 5) is 9.37. The van der Waals surface area contributed by atoms with E-state index in [9.17, 15) is 0 Å². The SMILES string of the molecule is CN=C(NCCCc1ccc(Cl)cc1Cl)N1CCC(N2CC=CC2)C1. The van der Waals surface area contributed by atoms with E-state index < -0.39 is 0 Å². The Labute approximate surface area is 160 Å². The second-order valence-corrected chi connectivity index (χ2v) is 7.47. The average Bonchev–Trinajstić information content (AvgIpc) is 3.27. The van der Waals surface area contributed by atoms with E-state index in [1.54, 1.807) is 0 Å². The van der Waals surface area contributed by atoms with Gasteiger partial charge >= 0.3 is 0 Å². The molecule has 0 aromatic heterocycles. The van der Waals surface area contributed by atoms with Gasteiger partial charge in [0.2, 0.25) is 0 Å². The molecule has 25 heavy (non-hydrogen) atoms. The van der Waals surface area contributed by atoms with Gasteiger partial charge in [-0.1, -0.05) is 41.4 Å². The van der Waals surface area contributed by atoms with Crippen molar-refractivity contribution in [1.29, 1.82) is 0 Å². The van der Waals surface area contributed by atoms with E-state index in [4.69, 9.17) is 23.2 Å². The molecule has 0 bridgehead atoms. The summed E-state index contributed by atoms with van der Waals surface area (Å²) in [6.07, 6.45) is 7.67. The first-order valence-corrected chi connectivity index (χ1v) is 9.71. The highest BCUT2D eigenvalue weighted by molar-refractivity contribution is 6.35. The van der Waals surface area contributed by atoms with E-state index >= 15 is 0 Å². The van der Waals surface area contributed by atoms with Crippen LogP contribution in [0.1, 0.15) is 18.4 Å². The zero-order valence-electron chi connectivity index (χ0n) is 14.7. The molecule has 2 aliphatic heterocycles. The lowest BCUT2D eigenvalue weighted by Gasteiger charge is -2.25. The molecule has 0 saturated carbocycles. The smallest absolute Gasteiger partial charge is 0.193 e. The summed E-state index contributed by atoms with van der Waals surface area (Å²) >= 11 is 12.2. The first kappa shape index (κ1) is 18.6. The fourth-order valence-electron chi connectivity index (χ4n) is 3.56. The van der Waals surface area contributed by atoms with Gasteiger partial charge in [0.15, 0.2) is 5.96 Å². The van der Waals surface area contributed by atoms with Crippen molar-refractivity contribution in [3.63, 3.8) is 0 Å². The summed E-state index contributed by atoms with van der Waals surface area (Å²) in [5.41, 5.74) is 1.14. The molecule has 1 fully saturated rings. The zero-order chi connectivity index (χ0) is 17.6. The number of rotatable bonds is 5. The largest absolute Gasteiger partial charge is 0.356 e. The molecule has 1 saturated heterocycles. The molecule has 0 amide bonds. The third-order valence-corrected chi connectivity index (χ3v) is 5.55. The Bertz CT molecular complexity index is 636. The number of nitrogens with zero attached hydrogens (tertiary/aromatic N) is 3. The Morgan fingerprint density at radius 2 is 2.08 bits per heavy atom. The van der Waals surface area contributed by atoms with E-state index in [1.165, 1.54) is 6.42 Å². The highest BCUT2D eigenvalue weighted by atomic mass is 35.5. The van der Waals surface area contributed by atoms with Crippen LogP contribution in [0.15, 0.2) is 35.3 Å². The summed E-state index contributed by atoms with van der Waals surface area (Å²) in [5, 5.41) is 4.93. The van der Waals surface area contributed by atoms with Gasteiger partial charge in [-0.2, -0.15) is 0 Å². The molecule has 1 atom stereocenters. The maximum atomic E-state index is 6.23. The summed E-state index contributed by atoms with van der Waals surface area (Å²) in [6, 6.07) is 6.35. The lowest BCUT2D eigenvalue weighted by atomic mass is 10.1. The fourth-order valence-corrected chi connectivity index (χ4v) is 4.06. The van der Waals surface area contributed by atoms with Gasteiger partial charge < -0.3 is 10.2 Å². The van der Waals surface area contributed by atoms with Gasteiger partial charge in [-0.15, -0.1) is 0 Å². The van der Waals surface area contributed by atoms with Crippen LogP contribution >= 0.6 is 23.2 Å². The summed E-state index contributed by atoms with van der Waals surface area (Å²) in [7, 11) is 1.86. The van der Waals surface area contributed by atoms with Crippen LogP contribution in [0.2, 0.25) is 10.0 Å². The molecule has 4 nitrogen and oxygen atoms in total. The topological polar surface area (TPSA) is 30.9 Å². The Hall–Kier alpha value is -1.23. The highest BCUT2D eigenvalue weighted by Gasteiger charge is 2.29. The van der Waals surface area contributed by atoms with E-state index in [-0.39, 0.29) is 0 Å². The van der Waals surface area contributed by atoms with Gasteiger partial charge in [-0.3, -0.25) is 9.89 Å². The lowest BCUT2D eigenvalue weighted by molar-refractivity contribution is 0.259. The predicted molar refractivity (Wildman–Crippen MR) is 107 cm³/mol. The van der Waals surface area contributed by atoms with E-state index in [1.807, 2.05) is 25.2 Å². The number of aryl methyl sites for hydroxylation is 1. The van der Waals surface area contributed by atoms with E-state index in [0.717, 1.165) is 62.1 Å². The average molecular weight is 381 g/mol. The molecular weight excluding hydrogens is 355 g/mol. The number of hydrogen-bond donors (Lipinski definition) is 1. The minimum atomic E-state index is 0.640. The number of aliphatic imine (C=N–C) groups is 1. The Morgan fingerprint density at radius 1 is 1.28 bits per heavy atom. The molecule has 0 aliphatic carbocycles. The quantitative estimate of drug-likeness (QED) is 0.367. The minimum absolute atomic E-state index is 0.640. The molecule has 1 aromatic carbocycles. The van der Waals surface area contributed by atoms with Crippen LogP contribution in [0.4, 0.5) is 0 Å². The Morgan fingerprint density at radius 3 is 2.80 bits per heavy atom. The molecule has 2 aliphatic rings. The van der Waals surface area contributed by atoms with Crippen molar-refractivity contribution in [2.24, 2.45) is 4.99 Å². The molecule has 1 aromatic rings. The maximum Gasteiger partial charge on any atom is 0.193 e. The molecular formula is C19H26Cl2N4. The lowest BCUT2D eigenvalue weighted by Crippen LogP contribution is -2.43. The van der Waals surface area contributed by atoms with Crippen molar-refractivity contribution < 1.29 is 0 Å². The molecule has 6 heteroatoms. The van der Waals surface area contributed by atoms with Crippen LogP contribution in [0.3, 0.4) is 0 Å². The Kier molecular flexibility index (Phi) is 6.63. The predicted octanol–water partition coefficient (Wildman–Crippen LogP) is 3.45. The number of likely N-dealkylation sites (tertiary alicyclic amines) is 1. The molecule has 1 N–H and O–H groups in total. The second-order valence-electron chi connectivity index (χ2n) is 6.63. The van der Waals surface area contributed by atoms with Crippen LogP contribution in [0, 0.1) is 0 Å². The Balaban J connectivity index is 1.42. The third-order valence-electron chi connectivity index (χ3n) is 4.96. The van der Waals surface area contributed by atoms with Crippen LogP contribution in [-0.2, 0) is 6.42 Å². The molecule has 1 unspecified atom stereocenters.